The van der Waals surface area contributed by atoms with Crippen molar-refractivity contribution in [3.05, 3.63) is 38.3 Å². The third-order valence-electron chi connectivity index (χ3n) is 1.95. The molecular weight excluding hydrogens is 188 g/mol. The van der Waals surface area contributed by atoms with Crippen molar-refractivity contribution in [1.29, 1.82) is 0 Å². The molecule has 1 aromatic heterocycles. The van der Waals surface area contributed by atoms with Crippen LogP contribution in [0, 0.1) is 17.0 Å². The number of aliphatic hydroxyl groups excluding tert-OH is 1. The van der Waals surface area contributed by atoms with Gasteiger partial charge < -0.3 is 9.67 Å². The zero-order valence-corrected chi connectivity index (χ0v) is 7.64. The second kappa shape index (κ2) is 4.01. The lowest BCUT2D eigenvalue weighted by Crippen LogP contribution is -2.23. The van der Waals surface area contributed by atoms with Gasteiger partial charge in [0, 0.05) is 18.7 Å². The van der Waals surface area contributed by atoms with Crippen LogP contribution in [0.25, 0.3) is 0 Å². The summed E-state index contributed by atoms with van der Waals surface area (Å²) >= 11 is 0. The first-order valence-electron chi connectivity index (χ1n) is 4.03. The number of nitro groups is 1. The van der Waals surface area contributed by atoms with Crippen molar-refractivity contribution in [3.8, 4) is 0 Å². The molecule has 0 amide bonds. The van der Waals surface area contributed by atoms with Crippen LogP contribution in [0.5, 0.6) is 0 Å². The van der Waals surface area contributed by atoms with Crippen LogP contribution >= 0.6 is 0 Å². The second-order valence-corrected chi connectivity index (χ2v) is 2.77. The number of aliphatic hydroxyl groups is 1. The van der Waals surface area contributed by atoms with Crippen molar-refractivity contribution < 1.29 is 10.0 Å². The molecule has 0 saturated carbocycles. The van der Waals surface area contributed by atoms with Crippen molar-refractivity contribution in [2.24, 2.45) is 0 Å². The van der Waals surface area contributed by atoms with E-state index in [1.165, 1.54) is 17.6 Å². The molecule has 0 fully saturated rings. The van der Waals surface area contributed by atoms with Crippen LogP contribution in [-0.2, 0) is 6.54 Å². The fourth-order valence-electron chi connectivity index (χ4n) is 1.24. The number of aromatic nitrogens is 1. The van der Waals surface area contributed by atoms with Gasteiger partial charge in [-0.25, -0.2) is 0 Å². The van der Waals surface area contributed by atoms with Crippen molar-refractivity contribution in [1.82, 2.24) is 4.57 Å². The molecule has 1 N–H and O–H groups in total. The normalized spacial score (nSPS) is 10.1. The van der Waals surface area contributed by atoms with Gasteiger partial charge in [-0.3, -0.25) is 14.9 Å². The Kier molecular flexibility index (Phi) is 2.98. The van der Waals surface area contributed by atoms with Crippen LogP contribution in [0.3, 0.4) is 0 Å². The van der Waals surface area contributed by atoms with E-state index in [0.717, 1.165) is 6.07 Å². The molecule has 0 aliphatic heterocycles. The van der Waals surface area contributed by atoms with E-state index in [9.17, 15) is 14.9 Å². The van der Waals surface area contributed by atoms with E-state index in [-0.39, 0.29) is 30.1 Å². The van der Waals surface area contributed by atoms with E-state index in [2.05, 4.69) is 0 Å². The molecule has 1 heterocycles. The van der Waals surface area contributed by atoms with Gasteiger partial charge in [0.15, 0.2) is 0 Å². The molecule has 6 heteroatoms. The molecular formula is C8H10N2O4. The Morgan fingerprint density at radius 2 is 2.21 bits per heavy atom. The first kappa shape index (κ1) is 10.4. The van der Waals surface area contributed by atoms with Crippen LogP contribution in [-0.4, -0.2) is 21.2 Å². The third kappa shape index (κ3) is 1.80. The van der Waals surface area contributed by atoms with Crippen LogP contribution in [0.4, 0.5) is 5.69 Å². The molecule has 0 aromatic carbocycles. The maximum absolute atomic E-state index is 11.2. The summed E-state index contributed by atoms with van der Waals surface area (Å²) < 4.78 is 1.18. The van der Waals surface area contributed by atoms with Gasteiger partial charge >= 0.3 is 0 Å². The smallest absolute Gasteiger partial charge is 0.288 e. The lowest BCUT2D eigenvalue weighted by molar-refractivity contribution is -0.386. The number of rotatable bonds is 3. The van der Waals surface area contributed by atoms with E-state index >= 15 is 0 Å². The summed E-state index contributed by atoms with van der Waals surface area (Å²) in [4.78, 5) is 21.2. The van der Waals surface area contributed by atoms with Crippen LogP contribution in [0.15, 0.2) is 16.9 Å². The molecule has 6 nitrogen and oxygen atoms in total. The van der Waals surface area contributed by atoms with Gasteiger partial charge in [-0.15, -0.1) is 0 Å². The number of pyridine rings is 1. The molecule has 0 atom stereocenters. The lowest BCUT2D eigenvalue weighted by Gasteiger charge is -2.07. The highest BCUT2D eigenvalue weighted by Gasteiger charge is 2.13. The molecule has 0 spiro atoms. The minimum Gasteiger partial charge on any atom is -0.395 e. The molecule has 0 radical (unpaired) electrons. The van der Waals surface area contributed by atoms with Gasteiger partial charge in [0.1, 0.15) is 0 Å². The Morgan fingerprint density at radius 3 is 2.71 bits per heavy atom. The fourth-order valence-corrected chi connectivity index (χ4v) is 1.24. The third-order valence-corrected chi connectivity index (χ3v) is 1.95. The SMILES string of the molecule is Cc1c([N+](=O)[O-])ccc(=O)n1CCO. The van der Waals surface area contributed by atoms with Crippen LogP contribution in [0.1, 0.15) is 5.69 Å². The zero-order valence-electron chi connectivity index (χ0n) is 7.64. The molecule has 0 saturated heterocycles. The number of hydrogen-bond donors (Lipinski definition) is 1. The van der Waals surface area contributed by atoms with E-state index in [0.29, 0.717) is 0 Å². The summed E-state index contributed by atoms with van der Waals surface area (Å²) in [5, 5.41) is 19.2. The summed E-state index contributed by atoms with van der Waals surface area (Å²) in [5.74, 6) is 0. The van der Waals surface area contributed by atoms with Gasteiger partial charge in [-0.1, -0.05) is 0 Å². The Morgan fingerprint density at radius 1 is 1.57 bits per heavy atom. The van der Waals surface area contributed by atoms with Gasteiger partial charge in [0.05, 0.1) is 17.2 Å². The average molecular weight is 198 g/mol. The van der Waals surface area contributed by atoms with Gasteiger partial charge in [-0.2, -0.15) is 0 Å². The Hall–Kier alpha value is -1.69. The highest BCUT2D eigenvalue weighted by Crippen LogP contribution is 2.13. The largest absolute Gasteiger partial charge is 0.395 e. The van der Waals surface area contributed by atoms with Crippen molar-refractivity contribution in [3.63, 3.8) is 0 Å². The van der Waals surface area contributed by atoms with Crippen molar-refractivity contribution >= 4 is 5.69 Å². The highest BCUT2D eigenvalue weighted by atomic mass is 16.6. The number of nitrogens with zero attached hydrogens (tertiary/aromatic N) is 2. The summed E-state index contributed by atoms with van der Waals surface area (Å²) in [5.41, 5.74) is -0.197. The van der Waals surface area contributed by atoms with E-state index in [1.807, 2.05) is 0 Å². The molecule has 0 aliphatic rings. The quantitative estimate of drug-likeness (QED) is 0.549. The Bertz CT molecular complexity index is 410. The summed E-state index contributed by atoms with van der Waals surface area (Å²) in [6, 6.07) is 2.30. The predicted molar refractivity (Wildman–Crippen MR) is 49.2 cm³/mol. The van der Waals surface area contributed by atoms with Gasteiger partial charge in [0.2, 0.25) is 0 Å². The van der Waals surface area contributed by atoms with E-state index in [4.69, 9.17) is 5.11 Å². The number of hydrogen-bond acceptors (Lipinski definition) is 4. The Labute approximate surface area is 79.6 Å². The van der Waals surface area contributed by atoms with E-state index in [1.54, 1.807) is 0 Å². The molecule has 0 bridgehead atoms. The topological polar surface area (TPSA) is 85.4 Å². The summed E-state index contributed by atoms with van der Waals surface area (Å²) in [7, 11) is 0. The standard InChI is InChI=1S/C8H10N2O4/c1-6-7(10(13)14)2-3-8(12)9(6)4-5-11/h2-3,11H,4-5H2,1H3. The van der Waals surface area contributed by atoms with Gasteiger partial charge in [-0.05, 0) is 6.92 Å². The molecule has 0 unspecified atom stereocenters. The van der Waals surface area contributed by atoms with Crippen molar-refractivity contribution in [2.45, 2.75) is 13.5 Å². The zero-order chi connectivity index (χ0) is 10.7. The first-order chi connectivity index (χ1) is 6.57. The summed E-state index contributed by atoms with van der Waals surface area (Å²) in [6.07, 6.45) is 0. The maximum Gasteiger partial charge on any atom is 0.288 e. The van der Waals surface area contributed by atoms with Crippen LogP contribution in [0.2, 0.25) is 0 Å². The highest BCUT2D eigenvalue weighted by molar-refractivity contribution is 5.34. The lowest BCUT2D eigenvalue weighted by atomic mass is 10.3. The minimum absolute atomic E-state index is 0.0757. The molecule has 14 heavy (non-hydrogen) atoms. The average Bonchev–Trinajstić information content (AvgIpc) is 2.11. The summed E-state index contributed by atoms with van der Waals surface area (Å²) in [6.45, 7) is 1.34. The molecule has 0 aliphatic carbocycles. The Balaban J connectivity index is 3.33. The maximum atomic E-state index is 11.2. The minimum atomic E-state index is -0.553. The molecule has 1 rings (SSSR count). The van der Waals surface area contributed by atoms with Crippen LogP contribution < -0.4 is 5.56 Å². The molecule has 1 aromatic rings. The monoisotopic (exact) mass is 198 g/mol. The second-order valence-electron chi connectivity index (χ2n) is 2.77. The van der Waals surface area contributed by atoms with Crippen molar-refractivity contribution in [2.75, 3.05) is 6.61 Å². The van der Waals surface area contributed by atoms with Gasteiger partial charge in [0.25, 0.3) is 11.2 Å². The van der Waals surface area contributed by atoms with E-state index < -0.39 is 4.92 Å². The fraction of sp³-hybridized carbons (Fsp3) is 0.375. The first-order valence-corrected chi connectivity index (χ1v) is 4.03. The predicted octanol–water partition coefficient (Wildman–Crippen LogP) is 0.0572. The molecule has 76 valence electrons.